The number of nitrogens with one attached hydrogen (secondary N) is 2. The molecule has 1 aliphatic carbocycles. The zero-order chi connectivity index (χ0) is 18.7. The summed E-state index contributed by atoms with van der Waals surface area (Å²) in [5.41, 5.74) is 2.27. The minimum absolute atomic E-state index is 0.0277. The molecule has 1 amide bonds. The monoisotopic (exact) mass is 353 g/mol. The molecule has 0 fully saturated rings. The van der Waals surface area contributed by atoms with Gasteiger partial charge in [0.25, 0.3) is 11.5 Å². The molecule has 136 valence electrons. The normalized spacial score (nSPS) is 13.2. The Bertz CT molecular complexity index is 880. The Morgan fingerprint density at radius 1 is 1.12 bits per heavy atom. The molecule has 26 heavy (non-hydrogen) atoms. The van der Waals surface area contributed by atoms with Crippen LogP contribution in [0.3, 0.4) is 0 Å². The van der Waals surface area contributed by atoms with Crippen LogP contribution < -0.4 is 15.8 Å². The summed E-state index contributed by atoms with van der Waals surface area (Å²) in [5.74, 6) is -0.539. The van der Waals surface area contributed by atoms with Crippen LogP contribution in [0.5, 0.6) is 0 Å². The average molecular weight is 353 g/mol. The van der Waals surface area contributed by atoms with Gasteiger partial charge in [-0.2, -0.15) is 0 Å². The van der Waals surface area contributed by atoms with Gasteiger partial charge in [0.2, 0.25) is 0 Å². The van der Waals surface area contributed by atoms with Gasteiger partial charge >= 0.3 is 0 Å². The third-order valence-electron chi connectivity index (χ3n) is 4.75. The van der Waals surface area contributed by atoms with E-state index in [0.29, 0.717) is 29.8 Å². The molecule has 1 aromatic heterocycles. The van der Waals surface area contributed by atoms with E-state index in [0.717, 1.165) is 25.2 Å². The molecule has 6 heteroatoms. The maximum atomic E-state index is 12.5. The van der Waals surface area contributed by atoms with Crippen LogP contribution in [0.1, 0.15) is 53.1 Å². The van der Waals surface area contributed by atoms with Crippen molar-refractivity contribution in [1.29, 1.82) is 0 Å². The fourth-order valence-electron chi connectivity index (χ4n) is 3.29. The highest BCUT2D eigenvalue weighted by Gasteiger charge is 2.22. The predicted octanol–water partition coefficient (Wildman–Crippen LogP) is 2.99. The minimum Gasteiger partial charge on any atom is -0.372 e. The lowest BCUT2D eigenvalue weighted by atomic mass is 9.93. The Labute approximate surface area is 152 Å². The van der Waals surface area contributed by atoms with E-state index in [2.05, 4.69) is 29.0 Å². The van der Waals surface area contributed by atoms with Crippen LogP contribution in [-0.4, -0.2) is 29.8 Å². The molecule has 3 rings (SSSR count). The summed E-state index contributed by atoms with van der Waals surface area (Å²) in [4.78, 5) is 41.6. The number of ketones is 1. The molecule has 0 aliphatic heterocycles. The zero-order valence-corrected chi connectivity index (χ0v) is 15.1. The molecule has 0 radical (unpaired) electrons. The van der Waals surface area contributed by atoms with E-state index < -0.39 is 11.5 Å². The van der Waals surface area contributed by atoms with Crippen molar-refractivity contribution in [3.63, 3.8) is 0 Å². The van der Waals surface area contributed by atoms with Gasteiger partial charge in [-0.3, -0.25) is 14.4 Å². The van der Waals surface area contributed by atoms with Crippen molar-refractivity contribution in [2.24, 2.45) is 0 Å². The second-order valence-corrected chi connectivity index (χ2v) is 6.35. The Balaban J connectivity index is 1.81. The van der Waals surface area contributed by atoms with Gasteiger partial charge in [-0.1, -0.05) is 0 Å². The number of pyridine rings is 1. The molecule has 1 heterocycles. The van der Waals surface area contributed by atoms with Gasteiger partial charge in [0, 0.05) is 42.1 Å². The molecule has 1 aliphatic rings. The number of Topliss-reactive ketones (excluding diaryl/α,β-unsaturated/α-hetero) is 1. The summed E-state index contributed by atoms with van der Waals surface area (Å²) in [6, 6.07) is 8.91. The molecule has 0 spiro atoms. The molecule has 0 saturated carbocycles. The Morgan fingerprint density at radius 3 is 2.46 bits per heavy atom. The van der Waals surface area contributed by atoms with E-state index in [4.69, 9.17) is 0 Å². The maximum Gasteiger partial charge on any atom is 0.261 e. The lowest BCUT2D eigenvalue weighted by Gasteiger charge is -2.21. The summed E-state index contributed by atoms with van der Waals surface area (Å²) in [5, 5.41) is 2.73. The molecule has 2 N–H and O–H groups in total. The first-order valence-electron chi connectivity index (χ1n) is 8.99. The van der Waals surface area contributed by atoms with E-state index in [1.807, 2.05) is 24.3 Å². The molecule has 2 aromatic rings. The van der Waals surface area contributed by atoms with E-state index in [1.165, 1.54) is 6.07 Å². The number of benzene rings is 1. The summed E-state index contributed by atoms with van der Waals surface area (Å²) >= 11 is 0. The zero-order valence-electron chi connectivity index (χ0n) is 15.1. The summed E-state index contributed by atoms with van der Waals surface area (Å²) in [6.45, 7) is 5.98. The first kappa shape index (κ1) is 17.9. The van der Waals surface area contributed by atoms with Crippen molar-refractivity contribution < 1.29 is 9.59 Å². The molecular formula is C20H23N3O3. The average Bonchev–Trinajstić information content (AvgIpc) is 2.64. The van der Waals surface area contributed by atoms with Crippen molar-refractivity contribution >= 4 is 23.1 Å². The number of nitrogens with zero attached hydrogens (tertiary/aromatic N) is 1. The van der Waals surface area contributed by atoms with E-state index >= 15 is 0 Å². The van der Waals surface area contributed by atoms with E-state index in [9.17, 15) is 14.4 Å². The second kappa shape index (κ2) is 7.56. The standard InChI is InChI=1S/C20H23N3O3/c1-3-23(4-2)14-10-8-13(9-11-14)21-19(25)16-12-15-17(22-20(16)26)6-5-7-18(15)24/h8-12H,3-7H2,1-2H3,(H,21,25)(H,22,26). The quantitative estimate of drug-likeness (QED) is 0.866. The topological polar surface area (TPSA) is 82.3 Å². The number of fused-ring (bicyclic) bond motifs is 1. The van der Waals surface area contributed by atoms with Crippen molar-refractivity contribution in [3.8, 4) is 0 Å². The number of carbonyl (C=O) groups excluding carboxylic acids is 2. The lowest BCUT2D eigenvalue weighted by molar-refractivity contribution is 0.0971. The Hall–Kier alpha value is -2.89. The van der Waals surface area contributed by atoms with E-state index in [1.54, 1.807) is 0 Å². The SMILES string of the molecule is CCN(CC)c1ccc(NC(=O)c2cc3c([nH]c2=O)CCCC3=O)cc1. The van der Waals surface area contributed by atoms with Crippen molar-refractivity contribution in [2.75, 3.05) is 23.3 Å². The van der Waals surface area contributed by atoms with Crippen molar-refractivity contribution in [3.05, 3.63) is 57.5 Å². The highest BCUT2D eigenvalue weighted by Crippen LogP contribution is 2.20. The number of aromatic amines is 1. The molecule has 0 unspecified atom stereocenters. The number of carbonyl (C=O) groups is 2. The van der Waals surface area contributed by atoms with Crippen LogP contribution in [0.4, 0.5) is 11.4 Å². The van der Waals surface area contributed by atoms with Crippen LogP contribution in [-0.2, 0) is 6.42 Å². The Kier molecular flexibility index (Phi) is 5.21. The van der Waals surface area contributed by atoms with Crippen molar-refractivity contribution in [2.45, 2.75) is 33.1 Å². The van der Waals surface area contributed by atoms with Crippen LogP contribution in [0.2, 0.25) is 0 Å². The number of aromatic nitrogens is 1. The minimum atomic E-state index is -0.511. The number of hydrogen-bond donors (Lipinski definition) is 2. The molecular weight excluding hydrogens is 330 g/mol. The molecule has 1 aromatic carbocycles. The number of hydrogen-bond acceptors (Lipinski definition) is 4. The van der Waals surface area contributed by atoms with Crippen LogP contribution in [0.15, 0.2) is 35.1 Å². The predicted molar refractivity (Wildman–Crippen MR) is 102 cm³/mol. The number of anilines is 2. The number of aryl methyl sites for hydroxylation is 1. The lowest BCUT2D eigenvalue weighted by Crippen LogP contribution is -2.27. The molecule has 0 atom stereocenters. The number of H-pyrrole nitrogens is 1. The number of amides is 1. The summed E-state index contributed by atoms with van der Waals surface area (Å²) in [7, 11) is 0. The fraction of sp³-hybridized carbons (Fsp3) is 0.350. The first-order chi connectivity index (χ1) is 12.5. The van der Waals surface area contributed by atoms with Crippen LogP contribution in [0, 0.1) is 0 Å². The van der Waals surface area contributed by atoms with E-state index in [-0.39, 0.29) is 11.3 Å². The largest absolute Gasteiger partial charge is 0.372 e. The molecule has 6 nitrogen and oxygen atoms in total. The second-order valence-electron chi connectivity index (χ2n) is 6.35. The first-order valence-corrected chi connectivity index (χ1v) is 8.99. The molecule has 0 bridgehead atoms. The van der Waals surface area contributed by atoms with Gasteiger partial charge in [0.15, 0.2) is 5.78 Å². The highest BCUT2D eigenvalue weighted by molar-refractivity contribution is 6.06. The van der Waals surface area contributed by atoms with Crippen LogP contribution >= 0.6 is 0 Å². The highest BCUT2D eigenvalue weighted by atomic mass is 16.2. The van der Waals surface area contributed by atoms with Crippen LogP contribution in [0.25, 0.3) is 0 Å². The third-order valence-corrected chi connectivity index (χ3v) is 4.75. The van der Waals surface area contributed by atoms with Gasteiger partial charge < -0.3 is 15.2 Å². The summed E-state index contributed by atoms with van der Waals surface area (Å²) < 4.78 is 0. The molecule has 0 saturated heterocycles. The van der Waals surface area contributed by atoms with Gasteiger partial charge in [0.1, 0.15) is 5.56 Å². The van der Waals surface area contributed by atoms with Gasteiger partial charge in [-0.05, 0) is 57.0 Å². The van der Waals surface area contributed by atoms with Gasteiger partial charge in [0.05, 0.1) is 0 Å². The summed E-state index contributed by atoms with van der Waals surface area (Å²) in [6.07, 6.45) is 1.84. The van der Waals surface area contributed by atoms with Crippen molar-refractivity contribution in [1.82, 2.24) is 4.98 Å². The maximum absolute atomic E-state index is 12.5. The van der Waals surface area contributed by atoms with Gasteiger partial charge in [-0.15, -0.1) is 0 Å². The Morgan fingerprint density at radius 2 is 1.81 bits per heavy atom. The van der Waals surface area contributed by atoms with Gasteiger partial charge in [-0.25, -0.2) is 0 Å². The fourth-order valence-corrected chi connectivity index (χ4v) is 3.29. The smallest absolute Gasteiger partial charge is 0.261 e. The number of rotatable bonds is 5. The third kappa shape index (κ3) is 3.54.